The van der Waals surface area contributed by atoms with Gasteiger partial charge in [0.1, 0.15) is 5.01 Å². The summed E-state index contributed by atoms with van der Waals surface area (Å²) in [6.07, 6.45) is 0. The van der Waals surface area contributed by atoms with Crippen LogP contribution in [0.5, 0.6) is 0 Å². The maximum Gasteiger partial charge on any atom is 0.251 e. The van der Waals surface area contributed by atoms with Crippen molar-refractivity contribution in [2.24, 2.45) is 0 Å². The van der Waals surface area contributed by atoms with Crippen molar-refractivity contribution < 1.29 is 9.59 Å². The molecule has 1 unspecified atom stereocenters. The number of anilines is 1. The van der Waals surface area contributed by atoms with Crippen LogP contribution in [0.3, 0.4) is 0 Å². The third-order valence-electron chi connectivity index (χ3n) is 3.91. The number of para-hydroxylation sites is 1. The molecule has 0 radical (unpaired) electrons. The van der Waals surface area contributed by atoms with Crippen molar-refractivity contribution in [3.63, 3.8) is 0 Å². The van der Waals surface area contributed by atoms with Crippen molar-refractivity contribution in [1.82, 2.24) is 10.3 Å². The van der Waals surface area contributed by atoms with Crippen LogP contribution in [0.25, 0.3) is 10.2 Å². The average molecular weight is 369 g/mol. The minimum atomic E-state index is -0.181. The molecule has 2 N–H and O–H groups in total. The van der Waals surface area contributed by atoms with E-state index in [1.807, 2.05) is 37.3 Å². The second-order valence-corrected chi connectivity index (χ2v) is 8.22. The molecule has 2 amide bonds. The summed E-state index contributed by atoms with van der Waals surface area (Å²) in [6, 6.07) is 13.3. The molecule has 0 fully saturated rings. The number of aromatic nitrogens is 1. The summed E-state index contributed by atoms with van der Waals surface area (Å²) in [4.78, 5) is 29.7. The largest absolute Gasteiger partial charge is 0.346 e. The first-order valence-corrected chi connectivity index (χ1v) is 9.54. The minimum absolute atomic E-state index is 0.0375. The second-order valence-electron chi connectivity index (χ2n) is 5.72. The van der Waals surface area contributed by atoms with Crippen molar-refractivity contribution >= 4 is 50.8 Å². The van der Waals surface area contributed by atoms with Crippen LogP contribution in [0.4, 0.5) is 5.69 Å². The molecule has 1 aliphatic rings. The van der Waals surface area contributed by atoms with E-state index in [4.69, 9.17) is 0 Å². The van der Waals surface area contributed by atoms with Gasteiger partial charge in [-0.1, -0.05) is 12.1 Å². The Bertz CT molecular complexity index is 950. The second kappa shape index (κ2) is 6.50. The van der Waals surface area contributed by atoms with Crippen LogP contribution in [0.1, 0.15) is 22.3 Å². The lowest BCUT2D eigenvalue weighted by atomic mass is 10.1. The fraction of sp³-hybridized carbons (Fsp3) is 0.167. The molecule has 1 aliphatic heterocycles. The molecule has 4 rings (SSSR count). The summed E-state index contributed by atoms with van der Waals surface area (Å²) in [5.41, 5.74) is 2.16. The number of carbonyl (C=O) groups is 2. The standard InChI is InChI=1S/C18H15N3O2S2/c1-10-17(22)21-13-8-11(6-7-15(13)24-10)18(23)19-9-16-20-12-4-2-3-5-14(12)25-16/h2-8,10H,9H2,1H3,(H,19,23)(H,21,22). The van der Waals surface area contributed by atoms with Gasteiger partial charge in [-0.05, 0) is 37.3 Å². The van der Waals surface area contributed by atoms with Crippen molar-refractivity contribution in [1.29, 1.82) is 0 Å². The molecule has 0 saturated carbocycles. The predicted octanol–water partition coefficient (Wildman–Crippen LogP) is 3.66. The third-order valence-corrected chi connectivity index (χ3v) is 6.12. The third kappa shape index (κ3) is 3.25. The number of hydrogen-bond donors (Lipinski definition) is 2. The Morgan fingerprint density at radius 2 is 2.12 bits per heavy atom. The lowest BCUT2D eigenvalue weighted by Crippen LogP contribution is -2.27. The Hall–Kier alpha value is -2.38. The zero-order valence-electron chi connectivity index (χ0n) is 13.4. The molecule has 0 aliphatic carbocycles. The van der Waals surface area contributed by atoms with Crippen LogP contribution >= 0.6 is 23.1 Å². The van der Waals surface area contributed by atoms with Gasteiger partial charge in [0.2, 0.25) is 5.91 Å². The highest BCUT2D eigenvalue weighted by Gasteiger charge is 2.23. The number of hydrogen-bond acceptors (Lipinski definition) is 5. The molecule has 3 aromatic rings. The first-order valence-electron chi connectivity index (χ1n) is 7.84. The monoisotopic (exact) mass is 369 g/mol. The molecule has 2 aromatic carbocycles. The van der Waals surface area contributed by atoms with Crippen LogP contribution in [0, 0.1) is 0 Å². The zero-order valence-corrected chi connectivity index (χ0v) is 15.0. The first-order chi connectivity index (χ1) is 12.1. The zero-order chi connectivity index (χ0) is 17.4. The summed E-state index contributed by atoms with van der Waals surface area (Å²) in [7, 11) is 0. The Morgan fingerprint density at radius 3 is 2.96 bits per heavy atom. The number of rotatable bonds is 3. The molecule has 0 bridgehead atoms. The normalized spacial score (nSPS) is 16.4. The predicted molar refractivity (Wildman–Crippen MR) is 101 cm³/mol. The summed E-state index contributed by atoms with van der Waals surface area (Å²) in [6.45, 7) is 2.25. The molecule has 2 heterocycles. The molecule has 25 heavy (non-hydrogen) atoms. The average Bonchev–Trinajstić information content (AvgIpc) is 3.03. The Kier molecular flexibility index (Phi) is 4.19. The Balaban J connectivity index is 1.48. The first kappa shape index (κ1) is 16.1. The molecule has 1 atom stereocenters. The van der Waals surface area contributed by atoms with E-state index in [0.717, 1.165) is 20.1 Å². The van der Waals surface area contributed by atoms with E-state index >= 15 is 0 Å². The van der Waals surface area contributed by atoms with Gasteiger partial charge in [-0.25, -0.2) is 4.98 Å². The fourth-order valence-electron chi connectivity index (χ4n) is 2.60. The van der Waals surface area contributed by atoms with Crippen LogP contribution in [0.15, 0.2) is 47.4 Å². The summed E-state index contributed by atoms with van der Waals surface area (Å²) in [5, 5.41) is 6.49. The molecule has 1 aromatic heterocycles. The van der Waals surface area contributed by atoms with E-state index in [0.29, 0.717) is 17.8 Å². The van der Waals surface area contributed by atoms with E-state index in [2.05, 4.69) is 15.6 Å². The van der Waals surface area contributed by atoms with Gasteiger partial charge in [0.15, 0.2) is 0 Å². The van der Waals surface area contributed by atoms with E-state index in [9.17, 15) is 9.59 Å². The Labute approximate surface area is 152 Å². The molecule has 0 spiro atoms. The molecular weight excluding hydrogens is 354 g/mol. The van der Waals surface area contributed by atoms with Crippen molar-refractivity contribution in [2.45, 2.75) is 23.6 Å². The van der Waals surface area contributed by atoms with Gasteiger partial charge in [0.05, 0.1) is 27.7 Å². The fourth-order valence-corrected chi connectivity index (χ4v) is 4.44. The highest BCUT2D eigenvalue weighted by atomic mass is 32.2. The van der Waals surface area contributed by atoms with E-state index < -0.39 is 0 Å². The highest BCUT2D eigenvalue weighted by molar-refractivity contribution is 8.00. The van der Waals surface area contributed by atoms with Crippen molar-refractivity contribution in [3.05, 3.63) is 53.0 Å². The topological polar surface area (TPSA) is 71.1 Å². The van der Waals surface area contributed by atoms with Gasteiger partial charge in [-0.2, -0.15) is 0 Å². The van der Waals surface area contributed by atoms with E-state index in [1.54, 1.807) is 23.5 Å². The number of amides is 2. The van der Waals surface area contributed by atoms with Gasteiger partial charge < -0.3 is 10.6 Å². The molecule has 126 valence electrons. The molecular formula is C18H15N3O2S2. The number of thioether (sulfide) groups is 1. The number of nitrogens with zero attached hydrogens (tertiary/aromatic N) is 1. The highest BCUT2D eigenvalue weighted by Crippen LogP contribution is 2.35. The van der Waals surface area contributed by atoms with Gasteiger partial charge in [0, 0.05) is 10.5 Å². The van der Waals surface area contributed by atoms with Gasteiger partial charge in [-0.15, -0.1) is 23.1 Å². The number of carbonyl (C=O) groups excluding carboxylic acids is 2. The summed E-state index contributed by atoms with van der Waals surface area (Å²) < 4.78 is 1.11. The van der Waals surface area contributed by atoms with Gasteiger partial charge >= 0.3 is 0 Å². The van der Waals surface area contributed by atoms with Crippen LogP contribution < -0.4 is 10.6 Å². The lowest BCUT2D eigenvalue weighted by Gasteiger charge is -2.21. The Morgan fingerprint density at radius 1 is 1.28 bits per heavy atom. The van der Waals surface area contributed by atoms with E-state index in [-0.39, 0.29) is 17.1 Å². The van der Waals surface area contributed by atoms with Crippen LogP contribution in [-0.4, -0.2) is 22.0 Å². The molecule has 7 heteroatoms. The van der Waals surface area contributed by atoms with Crippen molar-refractivity contribution in [2.75, 3.05) is 5.32 Å². The summed E-state index contributed by atoms with van der Waals surface area (Å²) in [5.74, 6) is -0.218. The molecule has 5 nitrogen and oxygen atoms in total. The SMILES string of the molecule is CC1Sc2ccc(C(=O)NCc3nc4ccccc4s3)cc2NC1=O. The maximum atomic E-state index is 12.4. The number of fused-ring (bicyclic) bond motifs is 2. The summed E-state index contributed by atoms with van der Waals surface area (Å²) >= 11 is 3.07. The van der Waals surface area contributed by atoms with Gasteiger partial charge in [0.25, 0.3) is 5.91 Å². The van der Waals surface area contributed by atoms with Crippen molar-refractivity contribution in [3.8, 4) is 0 Å². The maximum absolute atomic E-state index is 12.4. The number of benzene rings is 2. The van der Waals surface area contributed by atoms with Crippen LogP contribution in [0.2, 0.25) is 0 Å². The smallest absolute Gasteiger partial charge is 0.251 e. The molecule has 0 saturated heterocycles. The van der Waals surface area contributed by atoms with E-state index in [1.165, 1.54) is 11.8 Å². The lowest BCUT2D eigenvalue weighted by molar-refractivity contribution is -0.115. The quantitative estimate of drug-likeness (QED) is 0.739. The van der Waals surface area contributed by atoms with Crippen LogP contribution in [-0.2, 0) is 11.3 Å². The number of nitrogens with one attached hydrogen (secondary N) is 2. The number of thiazole rings is 1. The van der Waals surface area contributed by atoms with Gasteiger partial charge in [-0.3, -0.25) is 9.59 Å². The minimum Gasteiger partial charge on any atom is -0.346 e.